The second kappa shape index (κ2) is 21.7. The Morgan fingerprint density at radius 2 is 1.51 bits per heavy atom. The van der Waals surface area contributed by atoms with Crippen LogP contribution in [0.5, 0.6) is 0 Å². The fourth-order valence-corrected chi connectivity index (χ4v) is 10.4. The van der Waals surface area contributed by atoms with Gasteiger partial charge in [0, 0.05) is 74.3 Å². The van der Waals surface area contributed by atoms with Crippen molar-refractivity contribution in [2.24, 2.45) is 35.5 Å². The van der Waals surface area contributed by atoms with Crippen molar-refractivity contribution in [3.05, 3.63) is 96.5 Å². The van der Waals surface area contributed by atoms with Crippen molar-refractivity contribution in [2.75, 3.05) is 13.7 Å². The lowest BCUT2D eigenvalue weighted by molar-refractivity contribution is -0.143. The van der Waals surface area contributed by atoms with Gasteiger partial charge in [0.15, 0.2) is 12.1 Å². The van der Waals surface area contributed by atoms with Gasteiger partial charge in [-0.1, -0.05) is 105 Å². The standard InChI is InChI=1S/C55H74N4O6/c1-12-38-35(8)42-27-43-36(9)40(23-24-48(61)65-26-25-34(7)22-16-21-33(6)20-15-19-32(5)18-14-17-31(3)4)52(58-43)50-51(55(63)64-11)54(62)49-37(10)44(59-53(49)50)28-46-39(13-2)41(30-60)47(57-46)29-45(38)56-42/h12,25,27-33,36,40,51,56-59H,1,13-24,26H2,2-11H3/b34-25+,43-27?,46-28?,47-29?,52-50?. The molecule has 5 atom stereocenters. The lowest BCUT2D eigenvalue weighted by Gasteiger charge is -2.19. The molecule has 3 aromatic rings. The number of aromatic nitrogens is 3. The van der Waals surface area contributed by atoms with E-state index in [0.29, 0.717) is 63.5 Å². The van der Waals surface area contributed by atoms with Crippen LogP contribution < -0.4 is 16.0 Å². The molecule has 0 amide bonds. The minimum atomic E-state index is -1.19. The molecule has 3 aromatic heterocycles. The summed E-state index contributed by atoms with van der Waals surface area (Å²) in [6.07, 6.45) is 23.1. The number of hydrogen-bond acceptors (Lipinski definition) is 7. The highest BCUT2D eigenvalue weighted by Gasteiger charge is 2.48. The average molecular weight is 887 g/mol. The zero-order valence-electron chi connectivity index (χ0n) is 40.8. The molecular weight excluding hydrogens is 813 g/mol. The summed E-state index contributed by atoms with van der Waals surface area (Å²) in [5.74, 6) is -0.546. The Bertz CT molecular complexity index is 2500. The number of allylic oxidation sites excluding steroid dienone is 3. The van der Waals surface area contributed by atoms with Crippen molar-refractivity contribution in [2.45, 2.75) is 139 Å². The van der Waals surface area contributed by atoms with Gasteiger partial charge in [0.25, 0.3) is 0 Å². The van der Waals surface area contributed by atoms with Gasteiger partial charge in [0.05, 0.1) is 18.2 Å². The lowest BCUT2D eigenvalue weighted by atomic mass is 9.85. The van der Waals surface area contributed by atoms with Crippen LogP contribution in [-0.4, -0.2) is 52.7 Å². The first-order chi connectivity index (χ1) is 31.1. The predicted octanol–water partition coefficient (Wildman–Crippen LogP) is 10.6. The summed E-state index contributed by atoms with van der Waals surface area (Å²) in [5, 5.41) is 5.08. The van der Waals surface area contributed by atoms with Crippen molar-refractivity contribution in [1.29, 1.82) is 0 Å². The quantitative estimate of drug-likeness (QED) is 0.0361. The van der Waals surface area contributed by atoms with Crippen LogP contribution in [0.1, 0.15) is 185 Å². The van der Waals surface area contributed by atoms with E-state index in [1.807, 2.05) is 45.1 Å². The van der Waals surface area contributed by atoms with Gasteiger partial charge in [-0.25, -0.2) is 0 Å². The number of Topliss-reactive ketones (excluding diaryl/α,β-unsaturated/α-hetero) is 1. The molecule has 8 bridgehead atoms. The van der Waals surface area contributed by atoms with E-state index < -0.39 is 11.9 Å². The van der Waals surface area contributed by atoms with Crippen LogP contribution in [0.4, 0.5) is 0 Å². The van der Waals surface area contributed by atoms with E-state index in [1.54, 1.807) is 0 Å². The molecule has 350 valence electrons. The van der Waals surface area contributed by atoms with Crippen LogP contribution in [0.2, 0.25) is 0 Å². The first-order valence-corrected chi connectivity index (χ1v) is 24.2. The third-order valence-electron chi connectivity index (χ3n) is 14.4. The number of carbonyl (C=O) groups excluding carboxylic acids is 4. The normalized spacial score (nSPS) is 18.8. The molecule has 1 aliphatic carbocycles. The molecule has 0 saturated carbocycles. The maximum atomic E-state index is 14.4. The minimum absolute atomic E-state index is 0.134. The van der Waals surface area contributed by atoms with Crippen LogP contribution >= 0.6 is 0 Å². The van der Waals surface area contributed by atoms with Crippen molar-refractivity contribution in [3.63, 3.8) is 0 Å². The maximum absolute atomic E-state index is 14.4. The Balaban J connectivity index is 1.23. The van der Waals surface area contributed by atoms with Gasteiger partial charge < -0.3 is 29.7 Å². The predicted molar refractivity (Wildman–Crippen MR) is 262 cm³/mol. The summed E-state index contributed by atoms with van der Waals surface area (Å²) >= 11 is 0. The van der Waals surface area contributed by atoms with Crippen LogP contribution in [0, 0.1) is 49.4 Å². The van der Waals surface area contributed by atoms with E-state index in [-0.39, 0.29) is 36.6 Å². The van der Waals surface area contributed by atoms with Crippen LogP contribution in [-0.2, 0) is 25.5 Å². The fourth-order valence-electron chi connectivity index (χ4n) is 10.4. The first-order valence-electron chi connectivity index (χ1n) is 24.2. The highest BCUT2D eigenvalue weighted by molar-refractivity contribution is 6.24. The number of H-pyrrole nitrogens is 3. The number of carbonyl (C=O) groups is 4. The van der Waals surface area contributed by atoms with Crippen molar-refractivity contribution in [1.82, 2.24) is 20.3 Å². The molecule has 5 heterocycles. The Morgan fingerprint density at radius 1 is 0.846 bits per heavy atom. The second-order valence-electron chi connectivity index (χ2n) is 19.6. The third-order valence-corrected chi connectivity index (χ3v) is 14.4. The number of fused-ring (bicyclic) bond motifs is 7. The average Bonchev–Trinajstić information content (AvgIpc) is 4.02. The highest BCUT2D eigenvalue weighted by atomic mass is 16.5. The van der Waals surface area contributed by atoms with Gasteiger partial charge in [0.2, 0.25) is 0 Å². The van der Waals surface area contributed by atoms with Crippen LogP contribution in [0.15, 0.2) is 29.6 Å². The van der Waals surface area contributed by atoms with Crippen molar-refractivity contribution < 1.29 is 28.7 Å². The largest absolute Gasteiger partial charge is 0.468 e. The molecule has 2 aliphatic heterocycles. The zero-order valence-corrected chi connectivity index (χ0v) is 40.8. The Hall–Kier alpha value is -5.38. The molecular formula is C55H74N4O6. The molecule has 0 spiro atoms. The van der Waals surface area contributed by atoms with Crippen molar-refractivity contribution in [3.8, 4) is 0 Å². The molecule has 3 aliphatic rings. The number of rotatable bonds is 21. The highest BCUT2D eigenvalue weighted by Crippen LogP contribution is 2.48. The zero-order chi connectivity index (χ0) is 47.1. The Labute approximate surface area is 386 Å². The number of aldehydes is 1. The summed E-state index contributed by atoms with van der Waals surface area (Å²) in [7, 11) is 1.30. The molecule has 0 radical (unpaired) electrons. The molecule has 0 aromatic carbocycles. The summed E-state index contributed by atoms with van der Waals surface area (Å²) in [6, 6.07) is 0. The number of ether oxygens (including phenoxy) is 2. The second-order valence-corrected chi connectivity index (χ2v) is 19.6. The lowest BCUT2D eigenvalue weighted by Crippen LogP contribution is -2.25. The molecule has 6 rings (SSSR count). The van der Waals surface area contributed by atoms with E-state index in [2.05, 4.69) is 74.5 Å². The summed E-state index contributed by atoms with van der Waals surface area (Å²) in [5.41, 5.74) is 10.6. The van der Waals surface area contributed by atoms with Gasteiger partial charge in [-0.15, -0.1) is 0 Å². The third kappa shape index (κ3) is 10.8. The van der Waals surface area contributed by atoms with Gasteiger partial charge in [0.1, 0.15) is 12.5 Å². The van der Waals surface area contributed by atoms with Gasteiger partial charge in [-0.2, -0.15) is 0 Å². The van der Waals surface area contributed by atoms with Crippen molar-refractivity contribution >= 4 is 53.9 Å². The monoisotopic (exact) mass is 887 g/mol. The minimum Gasteiger partial charge on any atom is -0.468 e. The number of aromatic amines is 3. The Morgan fingerprint density at radius 3 is 2.15 bits per heavy atom. The van der Waals surface area contributed by atoms with E-state index >= 15 is 0 Å². The van der Waals surface area contributed by atoms with Gasteiger partial charge in [-0.3, -0.25) is 19.2 Å². The summed E-state index contributed by atoms with van der Waals surface area (Å²) in [6.45, 7) is 23.9. The fraction of sp³-hybridized carbons (Fsp3) is 0.527. The maximum Gasteiger partial charge on any atom is 0.321 e. The SMILES string of the molecule is C=Cc1c2[nH]c(c1C)C=C1NC(=C3c4[nH]c(c(C)c4C(=O)C3C(=O)OC)C=c3[nH]c(c(C=O)c3CC)=C2)C(CCC(=O)OC/C=C(\C)CCCC(C)CCCC(C)CCCC(C)C)C1C. The van der Waals surface area contributed by atoms with Crippen LogP contribution in [0.25, 0.3) is 29.9 Å². The van der Waals surface area contributed by atoms with E-state index in [1.165, 1.54) is 57.6 Å². The molecule has 1 saturated heterocycles. The molecule has 10 nitrogen and oxygen atoms in total. The molecule has 65 heavy (non-hydrogen) atoms. The van der Waals surface area contributed by atoms with Crippen LogP contribution in [0.3, 0.4) is 0 Å². The molecule has 10 heteroatoms. The first kappa shape index (κ1) is 49.1. The summed E-state index contributed by atoms with van der Waals surface area (Å²) < 4.78 is 11.1. The van der Waals surface area contributed by atoms with E-state index in [0.717, 1.165) is 70.1 Å². The molecule has 5 unspecified atom stereocenters. The number of hydrogen-bond donors (Lipinski definition) is 4. The van der Waals surface area contributed by atoms with E-state index in [4.69, 9.17) is 9.47 Å². The van der Waals surface area contributed by atoms with Gasteiger partial charge in [-0.05, 0) is 105 Å². The number of nitrogens with one attached hydrogen (secondary N) is 4. The summed E-state index contributed by atoms with van der Waals surface area (Å²) in [4.78, 5) is 64.7. The van der Waals surface area contributed by atoms with Gasteiger partial charge >= 0.3 is 11.9 Å². The number of esters is 2. The van der Waals surface area contributed by atoms with E-state index in [9.17, 15) is 19.2 Å². The number of methoxy groups -OCH3 is 1. The molecule has 1 fully saturated rings. The smallest absolute Gasteiger partial charge is 0.321 e. The topological polar surface area (TPSA) is 146 Å². The molecule has 4 N–H and O–H groups in total. The number of ketones is 1. The Kier molecular flexibility index (Phi) is 16.4.